The molecule has 0 amide bonds. The maximum atomic E-state index is 12.1. The Morgan fingerprint density at radius 3 is 2.44 bits per heavy atom. The summed E-state index contributed by atoms with van der Waals surface area (Å²) in [6, 6.07) is 11.1. The van der Waals surface area contributed by atoms with E-state index in [2.05, 4.69) is 6.07 Å². The van der Waals surface area contributed by atoms with Crippen LogP contribution in [0, 0.1) is 13.8 Å². The van der Waals surface area contributed by atoms with Gasteiger partial charge in [-0.25, -0.2) is 0 Å². The summed E-state index contributed by atoms with van der Waals surface area (Å²) in [5, 5.41) is 0.644. The lowest BCUT2D eigenvalue weighted by Gasteiger charge is -2.02. The van der Waals surface area contributed by atoms with Gasteiger partial charge in [-0.15, -0.1) is 0 Å². The number of hydrogen-bond acceptors (Lipinski definition) is 1. The smallest absolute Gasteiger partial charge is 0.227 e. The van der Waals surface area contributed by atoms with Crippen molar-refractivity contribution in [2.75, 3.05) is 0 Å². The molecule has 2 aromatic rings. The second kappa shape index (κ2) is 5.32. The standard InChI is InChI=1S/C15H15ClNO/c1-11-7-8-17(12(2)9-11)10-15(18)13-3-5-14(16)6-4-13/h3-9H,10H2,1-2H3/q+1. The Labute approximate surface area is 112 Å². The van der Waals surface area contributed by atoms with Crippen molar-refractivity contribution in [3.05, 3.63) is 64.4 Å². The fourth-order valence-electron chi connectivity index (χ4n) is 1.84. The zero-order chi connectivity index (χ0) is 13.1. The van der Waals surface area contributed by atoms with Gasteiger partial charge in [-0.1, -0.05) is 11.6 Å². The largest absolute Gasteiger partial charge is 0.287 e. The van der Waals surface area contributed by atoms with Crippen LogP contribution in [0.5, 0.6) is 0 Å². The minimum Gasteiger partial charge on any atom is -0.287 e. The summed E-state index contributed by atoms with van der Waals surface area (Å²) < 4.78 is 1.95. The molecule has 0 aliphatic rings. The number of benzene rings is 1. The number of ketones is 1. The average molecular weight is 261 g/mol. The minimum absolute atomic E-state index is 0.0867. The molecule has 0 aliphatic carbocycles. The van der Waals surface area contributed by atoms with E-state index in [1.807, 2.05) is 30.7 Å². The number of nitrogens with zero attached hydrogens (tertiary/aromatic N) is 1. The van der Waals surface area contributed by atoms with E-state index in [4.69, 9.17) is 11.6 Å². The van der Waals surface area contributed by atoms with Crippen molar-refractivity contribution >= 4 is 17.4 Å². The van der Waals surface area contributed by atoms with Gasteiger partial charge in [0, 0.05) is 29.6 Å². The van der Waals surface area contributed by atoms with Crippen LogP contribution in [-0.4, -0.2) is 5.78 Å². The molecule has 1 aromatic carbocycles. The molecule has 3 heteroatoms. The molecule has 1 aromatic heterocycles. The topological polar surface area (TPSA) is 20.9 Å². The zero-order valence-corrected chi connectivity index (χ0v) is 11.2. The first-order chi connectivity index (χ1) is 8.56. The lowest BCUT2D eigenvalue weighted by Crippen LogP contribution is -2.40. The molecular weight excluding hydrogens is 246 g/mol. The highest BCUT2D eigenvalue weighted by molar-refractivity contribution is 6.30. The molecular formula is C15H15ClNO+. The molecule has 0 atom stereocenters. The first kappa shape index (κ1) is 12.8. The van der Waals surface area contributed by atoms with E-state index < -0.39 is 0 Å². The van der Waals surface area contributed by atoms with Gasteiger partial charge >= 0.3 is 0 Å². The summed E-state index contributed by atoms with van der Waals surface area (Å²) in [7, 11) is 0. The lowest BCUT2D eigenvalue weighted by molar-refractivity contribution is -0.689. The van der Waals surface area contributed by atoms with Crippen LogP contribution in [0.15, 0.2) is 42.6 Å². The van der Waals surface area contributed by atoms with E-state index in [1.165, 1.54) is 5.56 Å². The van der Waals surface area contributed by atoms with Crippen LogP contribution in [-0.2, 0) is 6.54 Å². The Morgan fingerprint density at radius 1 is 1.17 bits per heavy atom. The number of pyridine rings is 1. The van der Waals surface area contributed by atoms with Crippen molar-refractivity contribution < 1.29 is 9.36 Å². The van der Waals surface area contributed by atoms with Gasteiger partial charge in [0.2, 0.25) is 12.3 Å². The van der Waals surface area contributed by atoms with Crippen molar-refractivity contribution in [1.29, 1.82) is 0 Å². The molecule has 0 bridgehead atoms. The molecule has 1 heterocycles. The van der Waals surface area contributed by atoms with Crippen molar-refractivity contribution in [1.82, 2.24) is 0 Å². The van der Waals surface area contributed by atoms with E-state index >= 15 is 0 Å². The SMILES string of the molecule is Cc1cc[n+](CC(=O)c2ccc(Cl)cc2)c(C)c1. The number of carbonyl (C=O) groups is 1. The van der Waals surface area contributed by atoms with Crippen molar-refractivity contribution in [3.8, 4) is 0 Å². The number of Topliss-reactive ketones (excluding diaryl/α,β-unsaturated/α-hetero) is 1. The third-order valence-electron chi connectivity index (χ3n) is 2.89. The summed E-state index contributed by atoms with van der Waals surface area (Å²) in [6.07, 6.45) is 1.94. The predicted molar refractivity (Wildman–Crippen MR) is 71.9 cm³/mol. The quantitative estimate of drug-likeness (QED) is 0.614. The van der Waals surface area contributed by atoms with E-state index in [1.54, 1.807) is 24.3 Å². The molecule has 0 unspecified atom stereocenters. The molecule has 0 aliphatic heterocycles. The van der Waals surface area contributed by atoms with Gasteiger partial charge in [0.1, 0.15) is 0 Å². The monoisotopic (exact) mass is 260 g/mol. The highest BCUT2D eigenvalue weighted by atomic mass is 35.5. The Bertz CT molecular complexity index is 576. The molecule has 0 radical (unpaired) electrons. The summed E-state index contributed by atoms with van der Waals surface area (Å²) in [5.74, 6) is 0.0867. The van der Waals surface area contributed by atoms with Crippen LogP contribution >= 0.6 is 11.6 Å². The van der Waals surface area contributed by atoms with Gasteiger partial charge < -0.3 is 0 Å². The summed E-state index contributed by atoms with van der Waals surface area (Å²) in [6.45, 7) is 4.40. The predicted octanol–water partition coefficient (Wildman–Crippen LogP) is 3.13. The fraction of sp³-hybridized carbons (Fsp3) is 0.200. The first-order valence-electron chi connectivity index (χ1n) is 5.82. The van der Waals surface area contributed by atoms with Crippen LogP contribution in [0.3, 0.4) is 0 Å². The molecule has 18 heavy (non-hydrogen) atoms. The second-order valence-corrected chi connectivity index (χ2v) is 4.84. The molecule has 2 nitrogen and oxygen atoms in total. The normalized spacial score (nSPS) is 10.4. The minimum atomic E-state index is 0.0867. The Balaban J connectivity index is 2.18. The molecule has 2 rings (SSSR count). The van der Waals surface area contributed by atoms with Gasteiger partial charge in [-0.05, 0) is 36.8 Å². The summed E-state index contributed by atoms with van der Waals surface area (Å²) >= 11 is 5.80. The number of hydrogen-bond donors (Lipinski definition) is 0. The summed E-state index contributed by atoms with van der Waals surface area (Å²) in [4.78, 5) is 12.1. The molecule has 92 valence electrons. The number of halogens is 1. The van der Waals surface area contributed by atoms with Gasteiger partial charge in [0.25, 0.3) is 0 Å². The Morgan fingerprint density at radius 2 is 1.83 bits per heavy atom. The number of rotatable bonds is 3. The molecule has 0 saturated carbocycles. The Hall–Kier alpha value is -1.67. The van der Waals surface area contributed by atoms with Gasteiger partial charge in [-0.2, -0.15) is 4.57 Å². The van der Waals surface area contributed by atoms with Crippen LogP contribution in [0.4, 0.5) is 0 Å². The third kappa shape index (κ3) is 2.96. The van der Waals surface area contributed by atoms with Crippen LogP contribution in [0.2, 0.25) is 5.02 Å². The van der Waals surface area contributed by atoms with Gasteiger partial charge in [-0.3, -0.25) is 4.79 Å². The third-order valence-corrected chi connectivity index (χ3v) is 3.14. The average Bonchev–Trinajstić information content (AvgIpc) is 2.33. The number of aromatic nitrogens is 1. The van der Waals surface area contributed by atoms with E-state index in [9.17, 15) is 4.79 Å². The summed E-state index contributed by atoms with van der Waals surface area (Å²) in [5.41, 5.74) is 2.96. The molecule has 0 spiro atoms. The van der Waals surface area contributed by atoms with E-state index in [0.717, 1.165) is 5.69 Å². The first-order valence-corrected chi connectivity index (χ1v) is 6.19. The van der Waals surface area contributed by atoms with Crippen molar-refractivity contribution in [3.63, 3.8) is 0 Å². The number of carbonyl (C=O) groups excluding carboxylic acids is 1. The maximum Gasteiger partial charge on any atom is 0.227 e. The zero-order valence-electron chi connectivity index (χ0n) is 10.5. The van der Waals surface area contributed by atoms with Gasteiger partial charge in [0.15, 0.2) is 11.9 Å². The van der Waals surface area contributed by atoms with Crippen LogP contribution in [0.25, 0.3) is 0 Å². The lowest BCUT2D eigenvalue weighted by atomic mass is 10.1. The van der Waals surface area contributed by atoms with Gasteiger partial charge in [0.05, 0.1) is 0 Å². The van der Waals surface area contributed by atoms with Crippen LogP contribution in [0.1, 0.15) is 21.6 Å². The Kier molecular flexibility index (Phi) is 3.78. The highest BCUT2D eigenvalue weighted by Gasteiger charge is 2.14. The van der Waals surface area contributed by atoms with E-state index in [0.29, 0.717) is 17.1 Å². The number of aryl methyl sites for hydroxylation is 2. The van der Waals surface area contributed by atoms with Crippen molar-refractivity contribution in [2.45, 2.75) is 20.4 Å². The van der Waals surface area contributed by atoms with E-state index in [-0.39, 0.29) is 5.78 Å². The fourth-order valence-corrected chi connectivity index (χ4v) is 1.97. The molecule has 0 fully saturated rings. The highest BCUT2D eigenvalue weighted by Crippen LogP contribution is 2.10. The van der Waals surface area contributed by atoms with Crippen LogP contribution < -0.4 is 4.57 Å². The molecule has 0 saturated heterocycles. The second-order valence-electron chi connectivity index (χ2n) is 4.40. The maximum absolute atomic E-state index is 12.1. The van der Waals surface area contributed by atoms with Crippen molar-refractivity contribution in [2.24, 2.45) is 0 Å². The molecule has 0 N–H and O–H groups in total.